The lowest BCUT2D eigenvalue weighted by atomic mass is 10.2. The number of guanidine groups is 1. The number of rotatable bonds is 7. The molecule has 0 unspecified atom stereocenters. The van der Waals surface area contributed by atoms with Gasteiger partial charge in [-0.15, -0.1) is 11.3 Å². The van der Waals surface area contributed by atoms with Crippen LogP contribution in [0.25, 0.3) is 10.9 Å². The zero-order chi connectivity index (χ0) is 19.1. The van der Waals surface area contributed by atoms with E-state index in [0.717, 1.165) is 18.5 Å². The van der Waals surface area contributed by atoms with Crippen LogP contribution < -0.4 is 10.6 Å². The fourth-order valence-corrected chi connectivity index (χ4v) is 3.27. The SMILES string of the molecule is CN(C)C(=O)CN=C(NCCc1cc2ccccc2[nH]1)NCc1cccs1. The second-order valence-electron chi connectivity index (χ2n) is 6.44. The van der Waals surface area contributed by atoms with Gasteiger partial charge in [-0.3, -0.25) is 4.79 Å². The van der Waals surface area contributed by atoms with Crippen molar-refractivity contribution in [3.05, 3.63) is 58.4 Å². The zero-order valence-electron chi connectivity index (χ0n) is 15.7. The zero-order valence-corrected chi connectivity index (χ0v) is 16.5. The van der Waals surface area contributed by atoms with Gasteiger partial charge < -0.3 is 20.5 Å². The van der Waals surface area contributed by atoms with Crippen LogP contribution in [0.5, 0.6) is 0 Å². The highest BCUT2D eigenvalue weighted by molar-refractivity contribution is 7.09. The normalized spacial score (nSPS) is 11.6. The molecule has 0 atom stereocenters. The van der Waals surface area contributed by atoms with Gasteiger partial charge in [-0.05, 0) is 29.0 Å². The van der Waals surface area contributed by atoms with E-state index < -0.39 is 0 Å². The molecule has 7 heteroatoms. The maximum absolute atomic E-state index is 11.8. The van der Waals surface area contributed by atoms with E-state index in [1.807, 2.05) is 23.6 Å². The number of hydrogen-bond acceptors (Lipinski definition) is 3. The van der Waals surface area contributed by atoms with E-state index in [2.05, 4.69) is 44.9 Å². The second-order valence-corrected chi connectivity index (χ2v) is 7.48. The number of amides is 1. The average Bonchev–Trinajstić information content (AvgIpc) is 3.32. The van der Waals surface area contributed by atoms with Crippen LogP contribution >= 0.6 is 11.3 Å². The third kappa shape index (κ3) is 5.59. The number of carbonyl (C=O) groups is 1. The summed E-state index contributed by atoms with van der Waals surface area (Å²) in [7, 11) is 3.47. The molecule has 27 heavy (non-hydrogen) atoms. The minimum Gasteiger partial charge on any atom is -0.358 e. The Morgan fingerprint density at radius 3 is 2.78 bits per heavy atom. The topological polar surface area (TPSA) is 72.5 Å². The number of likely N-dealkylation sites (N-methyl/N-ethyl adjacent to an activating group) is 1. The van der Waals surface area contributed by atoms with E-state index in [4.69, 9.17) is 0 Å². The number of H-pyrrole nitrogens is 1. The largest absolute Gasteiger partial charge is 0.358 e. The minimum atomic E-state index is -0.0251. The van der Waals surface area contributed by atoms with Crippen molar-refractivity contribution in [3.63, 3.8) is 0 Å². The highest BCUT2D eigenvalue weighted by atomic mass is 32.1. The van der Waals surface area contributed by atoms with E-state index in [1.54, 1.807) is 30.3 Å². The molecule has 2 heterocycles. The van der Waals surface area contributed by atoms with Gasteiger partial charge in [0, 0.05) is 43.1 Å². The summed E-state index contributed by atoms with van der Waals surface area (Å²) in [6.45, 7) is 1.53. The summed E-state index contributed by atoms with van der Waals surface area (Å²) in [5, 5.41) is 9.88. The molecule has 6 nitrogen and oxygen atoms in total. The predicted molar refractivity (Wildman–Crippen MR) is 112 cm³/mol. The highest BCUT2D eigenvalue weighted by Crippen LogP contribution is 2.14. The molecule has 0 saturated heterocycles. The lowest BCUT2D eigenvalue weighted by molar-refractivity contribution is -0.127. The van der Waals surface area contributed by atoms with Gasteiger partial charge in [0.05, 0.1) is 6.54 Å². The maximum atomic E-state index is 11.8. The fourth-order valence-electron chi connectivity index (χ4n) is 2.63. The quantitative estimate of drug-likeness (QED) is 0.434. The summed E-state index contributed by atoms with van der Waals surface area (Å²) in [5.74, 6) is 0.623. The van der Waals surface area contributed by atoms with Crippen LogP contribution in [0.2, 0.25) is 0 Å². The summed E-state index contributed by atoms with van der Waals surface area (Å²) >= 11 is 1.69. The van der Waals surface area contributed by atoms with Crippen molar-refractivity contribution in [1.29, 1.82) is 0 Å². The monoisotopic (exact) mass is 383 g/mol. The average molecular weight is 384 g/mol. The number of aromatic nitrogens is 1. The minimum absolute atomic E-state index is 0.0251. The molecule has 142 valence electrons. The molecule has 2 aromatic heterocycles. The number of aromatic amines is 1. The first-order chi connectivity index (χ1) is 13.1. The highest BCUT2D eigenvalue weighted by Gasteiger charge is 2.06. The number of hydrogen-bond donors (Lipinski definition) is 3. The molecular weight excluding hydrogens is 358 g/mol. The Hall–Kier alpha value is -2.80. The Morgan fingerprint density at radius 1 is 1.19 bits per heavy atom. The van der Waals surface area contributed by atoms with Crippen molar-refractivity contribution in [2.45, 2.75) is 13.0 Å². The van der Waals surface area contributed by atoms with Crippen molar-refractivity contribution in [1.82, 2.24) is 20.5 Å². The van der Waals surface area contributed by atoms with Gasteiger partial charge in [-0.25, -0.2) is 4.99 Å². The first kappa shape index (κ1) is 19.0. The molecule has 3 N–H and O–H groups in total. The lowest BCUT2D eigenvalue weighted by Gasteiger charge is -2.13. The smallest absolute Gasteiger partial charge is 0.243 e. The molecule has 0 radical (unpaired) electrons. The summed E-state index contributed by atoms with van der Waals surface area (Å²) in [6.07, 6.45) is 0.843. The van der Waals surface area contributed by atoms with Gasteiger partial charge in [0.25, 0.3) is 0 Å². The van der Waals surface area contributed by atoms with Gasteiger partial charge >= 0.3 is 0 Å². The molecule has 0 aliphatic heterocycles. The first-order valence-corrected chi connectivity index (χ1v) is 9.81. The number of nitrogens with zero attached hydrogens (tertiary/aromatic N) is 2. The molecule has 0 spiro atoms. The fraction of sp³-hybridized carbons (Fsp3) is 0.300. The third-order valence-corrected chi connectivity index (χ3v) is 5.03. The van der Waals surface area contributed by atoms with Crippen LogP contribution in [0.4, 0.5) is 0 Å². The Bertz CT molecular complexity index is 865. The van der Waals surface area contributed by atoms with Crippen LogP contribution in [0.3, 0.4) is 0 Å². The van der Waals surface area contributed by atoms with Crippen molar-refractivity contribution < 1.29 is 4.79 Å². The number of aliphatic imine (C=N–C) groups is 1. The Morgan fingerprint density at radius 2 is 2.04 bits per heavy atom. The Labute approximate surface area is 163 Å². The molecule has 0 bridgehead atoms. The van der Waals surface area contributed by atoms with Crippen LogP contribution in [-0.2, 0) is 17.8 Å². The van der Waals surface area contributed by atoms with Gasteiger partial charge in [0.1, 0.15) is 6.54 Å². The molecule has 1 amide bonds. The molecule has 3 rings (SSSR count). The van der Waals surface area contributed by atoms with Gasteiger partial charge in [-0.1, -0.05) is 24.3 Å². The van der Waals surface area contributed by atoms with Crippen molar-refractivity contribution in [3.8, 4) is 0 Å². The van der Waals surface area contributed by atoms with E-state index >= 15 is 0 Å². The van der Waals surface area contributed by atoms with E-state index in [-0.39, 0.29) is 12.5 Å². The summed E-state index contributed by atoms with van der Waals surface area (Å²) in [4.78, 5) is 22.4. The predicted octanol–water partition coefficient (Wildman–Crippen LogP) is 2.60. The second kappa shape index (κ2) is 9.23. The molecule has 0 aliphatic carbocycles. The van der Waals surface area contributed by atoms with Crippen LogP contribution in [0.1, 0.15) is 10.6 Å². The number of carbonyl (C=O) groups excluding carboxylic acids is 1. The van der Waals surface area contributed by atoms with Crippen LogP contribution in [0.15, 0.2) is 52.8 Å². The van der Waals surface area contributed by atoms with Crippen molar-refractivity contribution in [2.75, 3.05) is 27.2 Å². The molecular formula is C20H25N5OS. The van der Waals surface area contributed by atoms with E-state index in [1.165, 1.54) is 16.0 Å². The summed E-state index contributed by atoms with van der Waals surface area (Å²) in [6, 6.07) is 14.5. The molecule has 3 aromatic rings. The van der Waals surface area contributed by atoms with Crippen molar-refractivity contribution >= 4 is 34.1 Å². The van der Waals surface area contributed by atoms with Gasteiger partial charge in [0.2, 0.25) is 5.91 Å². The number of fused-ring (bicyclic) bond motifs is 1. The van der Waals surface area contributed by atoms with Crippen LogP contribution in [-0.4, -0.2) is 48.9 Å². The van der Waals surface area contributed by atoms with Crippen LogP contribution in [0, 0.1) is 0 Å². The number of para-hydroxylation sites is 1. The standard InChI is InChI=1S/C20H25N5OS/c1-25(2)19(26)14-23-20(22-13-17-7-5-11-27-17)21-10-9-16-12-15-6-3-4-8-18(15)24-16/h3-8,11-12,24H,9-10,13-14H2,1-2H3,(H2,21,22,23). The van der Waals surface area contributed by atoms with E-state index in [9.17, 15) is 4.79 Å². The molecule has 0 fully saturated rings. The Kier molecular flexibility index (Phi) is 6.49. The lowest BCUT2D eigenvalue weighted by Crippen LogP contribution is -2.39. The van der Waals surface area contributed by atoms with E-state index in [0.29, 0.717) is 12.5 Å². The third-order valence-electron chi connectivity index (χ3n) is 4.15. The van der Waals surface area contributed by atoms with Crippen molar-refractivity contribution in [2.24, 2.45) is 4.99 Å². The molecule has 0 saturated carbocycles. The first-order valence-electron chi connectivity index (χ1n) is 8.93. The number of benzene rings is 1. The number of nitrogens with one attached hydrogen (secondary N) is 3. The molecule has 0 aliphatic rings. The van der Waals surface area contributed by atoms with Gasteiger partial charge in [-0.2, -0.15) is 0 Å². The van der Waals surface area contributed by atoms with Gasteiger partial charge in [0.15, 0.2) is 5.96 Å². The number of thiophene rings is 1. The summed E-state index contributed by atoms with van der Waals surface area (Å²) < 4.78 is 0. The Balaban J connectivity index is 1.57. The maximum Gasteiger partial charge on any atom is 0.243 e. The molecule has 1 aromatic carbocycles. The summed E-state index contributed by atoms with van der Waals surface area (Å²) in [5.41, 5.74) is 2.32.